The van der Waals surface area contributed by atoms with Gasteiger partial charge in [-0.3, -0.25) is 9.20 Å². The summed E-state index contributed by atoms with van der Waals surface area (Å²) < 4.78 is 2.00. The van der Waals surface area contributed by atoms with Gasteiger partial charge < -0.3 is 20.4 Å². The number of imidazole rings is 1. The molecule has 2 N–H and O–H groups in total. The second-order valence-corrected chi connectivity index (χ2v) is 8.23. The summed E-state index contributed by atoms with van der Waals surface area (Å²) >= 11 is 0. The maximum Gasteiger partial charge on any atom is 0.251 e. The topological polar surface area (TPSA) is 77.8 Å². The SMILES string of the molecule is CNC(=O)c1ccc(-c2cnc(Nc3ccc(N4CCN(C)CC4)cc3)c3nccn23)cc1. The van der Waals surface area contributed by atoms with Crippen molar-refractivity contribution in [3.05, 3.63) is 72.7 Å². The van der Waals surface area contributed by atoms with Crippen molar-refractivity contribution in [1.29, 1.82) is 0 Å². The lowest BCUT2D eigenvalue weighted by molar-refractivity contribution is 0.0963. The molecular weight excluding hydrogens is 414 g/mol. The number of benzene rings is 2. The third-order valence-electron chi connectivity index (χ3n) is 6.10. The number of carbonyl (C=O) groups is 1. The van der Waals surface area contributed by atoms with E-state index in [4.69, 9.17) is 0 Å². The average molecular weight is 442 g/mol. The number of rotatable bonds is 5. The van der Waals surface area contributed by atoms with Crippen LogP contribution in [0.5, 0.6) is 0 Å². The highest BCUT2D eigenvalue weighted by atomic mass is 16.1. The van der Waals surface area contributed by atoms with Crippen LogP contribution in [0, 0.1) is 0 Å². The first-order valence-corrected chi connectivity index (χ1v) is 11.1. The Balaban J connectivity index is 1.37. The molecule has 8 nitrogen and oxygen atoms in total. The van der Waals surface area contributed by atoms with Gasteiger partial charge in [0.2, 0.25) is 0 Å². The Morgan fingerprint density at radius 3 is 2.36 bits per heavy atom. The molecule has 33 heavy (non-hydrogen) atoms. The van der Waals surface area contributed by atoms with Crippen LogP contribution >= 0.6 is 0 Å². The number of hydrogen-bond donors (Lipinski definition) is 2. The van der Waals surface area contributed by atoms with Gasteiger partial charge in [0.25, 0.3) is 5.91 Å². The zero-order valence-electron chi connectivity index (χ0n) is 18.8. The monoisotopic (exact) mass is 441 g/mol. The number of hydrogen-bond acceptors (Lipinski definition) is 6. The zero-order chi connectivity index (χ0) is 22.8. The van der Waals surface area contributed by atoms with E-state index < -0.39 is 0 Å². The number of likely N-dealkylation sites (N-methyl/N-ethyl adjacent to an activating group) is 1. The van der Waals surface area contributed by atoms with Crippen molar-refractivity contribution in [2.45, 2.75) is 0 Å². The highest BCUT2D eigenvalue weighted by molar-refractivity contribution is 5.94. The van der Waals surface area contributed by atoms with Crippen LogP contribution < -0.4 is 15.5 Å². The summed E-state index contributed by atoms with van der Waals surface area (Å²) in [5, 5.41) is 6.05. The van der Waals surface area contributed by atoms with Gasteiger partial charge in [-0.25, -0.2) is 9.97 Å². The summed E-state index contributed by atoms with van der Waals surface area (Å²) in [6, 6.07) is 15.9. The van der Waals surface area contributed by atoms with Crippen LogP contribution in [-0.4, -0.2) is 65.5 Å². The molecule has 2 aromatic carbocycles. The first-order valence-electron chi connectivity index (χ1n) is 11.1. The van der Waals surface area contributed by atoms with Gasteiger partial charge in [0.1, 0.15) is 0 Å². The number of aromatic nitrogens is 3. The largest absolute Gasteiger partial charge is 0.369 e. The molecule has 0 saturated carbocycles. The Bertz CT molecular complexity index is 1260. The predicted octanol–water partition coefficient (Wildman–Crippen LogP) is 3.25. The minimum absolute atomic E-state index is 0.106. The molecule has 0 aliphatic carbocycles. The molecule has 4 aromatic rings. The molecule has 0 atom stereocenters. The van der Waals surface area contributed by atoms with Gasteiger partial charge in [-0.1, -0.05) is 12.1 Å². The standard InChI is InChI=1S/C25H27N7O/c1-26-25(33)19-5-3-18(4-6-19)22-17-28-23(24-27-11-12-32(22)24)29-20-7-9-21(10-8-20)31-15-13-30(2)14-16-31/h3-12,17H,13-16H2,1-2H3,(H,26,33)(H,28,29). The van der Waals surface area contributed by atoms with Gasteiger partial charge in [-0.15, -0.1) is 0 Å². The lowest BCUT2D eigenvalue weighted by Gasteiger charge is -2.34. The summed E-state index contributed by atoms with van der Waals surface area (Å²) in [4.78, 5) is 25.8. The molecule has 0 radical (unpaired) electrons. The Labute approximate surface area is 192 Å². The molecule has 0 spiro atoms. The molecule has 0 unspecified atom stereocenters. The van der Waals surface area contributed by atoms with Gasteiger partial charge in [0, 0.05) is 68.1 Å². The molecule has 1 saturated heterocycles. The molecular formula is C25H27N7O. The predicted molar refractivity (Wildman–Crippen MR) is 131 cm³/mol. The lowest BCUT2D eigenvalue weighted by atomic mass is 10.1. The number of anilines is 3. The molecule has 3 heterocycles. The number of amides is 1. The van der Waals surface area contributed by atoms with Crippen molar-refractivity contribution in [2.24, 2.45) is 0 Å². The Morgan fingerprint density at radius 1 is 0.939 bits per heavy atom. The van der Waals surface area contributed by atoms with E-state index in [1.54, 1.807) is 13.2 Å². The van der Waals surface area contributed by atoms with Crippen molar-refractivity contribution in [2.75, 3.05) is 50.5 Å². The second-order valence-electron chi connectivity index (χ2n) is 8.23. The number of nitrogens with zero attached hydrogens (tertiary/aromatic N) is 5. The molecule has 5 rings (SSSR count). The Kier molecular flexibility index (Phi) is 5.66. The highest BCUT2D eigenvalue weighted by Gasteiger charge is 2.15. The third kappa shape index (κ3) is 4.25. The highest BCUT2D eigenvalue weighted by Crippen LogP contribution is 2.27. The van der Waals surface area contributed by atoms with Crippen LogP contribution in [0.25, 0.3) is 16.9 Å². The summed E-state index contributed by atoms with van der Waals surface area (Å²) in [5.74, 6) is 0.587. The van der Waals surface area contributed by atoms with E-state index >= 15 is 0 Å². The Hall–Kier alpha value is -3.91. The van der Waals surface area contributed by atoms with E-state index in [1.165, 1.54) is 5.69 Å². The molecule has 0 bridgehead atoms. The van der Waals surface area contributed by atoms with Crippen LogP contribution in [0.4, 0.5) is 17.2 Å². The third-order valence-corrected chi connectivity index (χ3v) is 6.10. The zero-order valence-corrected chi connectivity index (χ0v) is 18.8. The van der Waals surface area contributed by atoms with E-state index in [2.05, 4.69) is 61.7 Å². The number of piperazine rings is 1. The molecule has 168 valence electrons. The maximum atomic E-state index is 11.8. The van der Waals surface area contributed by atoms with Crippen molar-refractivity contribution in [1.82, 2.24) is 24.6 Å². The second kappa shape index (κ2) is 8.91. The maximum absolute atomic E-state index is 11.8. The van der Waals surface area contributed by atoms with E-state index in [0.717, 1.165) is 48.8 Å². The minimum atomic E-state index is -0.106. The number of carbonyl (C=O) groups excluding carboxylic acids is 1. The van der Waals surface area contributed by atoms with E-state index in [9.17, 15) is 4.79 Å². The number of fused-ring (bicyclic) bond motifs is 1. The van der Waals surface area contributed by atoms with Crippen LogP contribution in [-0.2, 0) is 0 Å². The van der Waals surface area contributed by atoms with Crippen molar-refractivity contribution in [3.8, 4) is 11.3 Å². The first kappa shape index (κ1) is 21.0. The smallest absolute Gasteiger partial charge is 0.251 e. The summed E-state index contributed by atoms with van der Waals surface area (Å²) in [7, 11) is 3.79. The molecule has 1 amide bonds. The quantitative estimate of drug-likeness (QED) is 0.495. The van der Waals surface area contributed by atoms with Crippen LogP contribution in [0.15, 0.2) is 67.1 Å². The van der Waals surface area contributed by atoms with Crippen molar-refractivity contribution < 1.29 is 4.79 Å². The normalized spacial score (nSPS) is 14.4. The molecule has 1 aliphatic rings. The molecule has 2 aromatic heterocycles. The molecule has 8 heteroatoms. The van der Waals surface area contributed by atoms with Crippen LogP contribution in [0.1, 0.15) is 10.4 Å². The van der Waals surface area contributed by atoms with Crippen LogP contribution in [0.3, 0.4) is 0 Å². The van der Waals surface area contributed by atoms with Crippen molar-refractivity contribution >= 4 is 28.7 Å². The number of nitrogens with one attached hydrogen (secondary N) is 2. The summed E-state index contributed by atoms with van der Waals surface area (Å²) in [5.41, 5.74) is 5.43. The van der Waals surface area contributed by atoms with Gasteiger partial charge >= 0.3 is 0 Å². The average Bonchev–Trinajstić information content (AvgIpc) is 3.35. The van der Waals surface area contributed by atoms with E-state index in [0.29, 0.717) is 11.4 Å². The summed E-state index contributed by atoms with van der Waals surface area (Å²) in [6.45, 7) is 4.27. The molecule has 1 fully saturated rings. The van der Waals surface area contributed by atoms with Gasteiger partial charge in [-0.2, -0.15) is 0 Å². The van der Waals surface area contributed by atoms with Crippen molar-refractivity contribution in [3.63, 3.8) is 0 Å². The summed E-state index contributed by atoms with van der Waals surface area (Å²) in [6.07, 6.45) is 5.51. The fraction of sp³-hybridized carbons (Fsp3) is 0.240. The van der Waals surface area contributed by atoms with Crippen LogP contribution in [0.2, 0.25) is 0 Å². The lowest BCUT2D eigenvalue weighted by Crippen LogP contribution is -2.44. The fourth-order valence-corrected chi connectivity index (χ4v) is 4.11. The van der Waals surface area contributed by atoms with E-state index in [1.807, 2.05) is 41.1 Å². The first-order chi connectivity index (χ1) is 16.1. The van der Waals surface area contributed by atoms with Gasteiger partial charge in [0.05, 0.1) is 11.9 Å². The Morgan fingerprint density at radius 2 is 1.67 bits per heavy atom. The van der Waals surface area contributed by atoms with Gasteiger partial charge in [0.15, 0.2) is 11.5 Å². The minimum Gasteiger partial charge on any atom is -0.369 e. The fourth-order valence-electron chi connectivity index (χ4n) is 4.11. The molecule has 1 aliphatic heterocycles. The van der Waals surface area contributed by atoms with E-state index in [-0.39, 0.29) is 5.91 Å². The van der Waals surface area contributed by atoms with Gasteiger partial charge in [-0.05, 0) is 43.4 Å².